The van der Waals surface area contributed by atoms with E-state index in [2.05, 4.69) is 13.8 Å². The number of cyclic esters (lactones) is 1. The molecule has 3 atom stereocenters. The maximum Gasteiger partial charge on any atom is 0.529 e. The number of unbranched alkanes of at least 4 members (excludes halogenated alkanes) is 10. The first-order valence-electron chi connectivity index (χ1n) is 12.4. The number of carbonyl (C=O) groups is 1. The van der Waals surface area contributed by atoms with Crippen LogP contribution in [0.5, 0.6) is 0 Å². The molecule has 0 amide bonds. The lowest BCUT2D eigenvalue weighted by atomic mass is 9.99. The summed E-state index contributed by atoms with van der Waals surface area (Å²) < 4.78 is 33.9. The summed E-state index contributed by atoms with van der Waals surface area (Å²) in [7, 11) is -3.65. The summed E-state index contributed by atoms with van der Waals surface area (Å²) in [6.07, 6.45) is 16.5. The molecule has 6 nitrogen and oxygen atoms in total. The topological polar surface area (TPSA) is 71.1 Å². The molecule has 0 unspecified atom stereocenters. The van der Waals surface area contributed by atoms with Crippen LogP contribution >= 0.6 is 7.82 Å². The van der Waals surface area contributed by atoms with Crippen LogP contribution in [0.2, 0.25) is 0 Å². The van der Waals surface area contributed by atoms with Crippen molar-refractivity contribution in [3.63, 3.8) is 0 Å². The Morgan fingerprint density at radius 1 is 0.968 bits per heavy atom. The van der Waals surface area contributed by atoms with E-state index in [1.165, 1.54) is 70.6 Å². The first kappa shape index (κ1) is 26.4. The fraction of sp³-hybridized carbons (Fsp3) is 0.875. The summed E-state index contributed by atoms with van der Waals surface area (Å²) in [4.78, 5) is 11.8. The fourth-order valence-electron chi connectivity index (χ4n) is 4.12. The second-order valence-corrected chi connectivity index (χ2v) is 10.7. The molecule has 0 bridgehead atoms. The highest BCUT2D eigenvalue weighted by molar-refractivity contribution is 7.48. The van der Waals surface area contributed by atoms with Gasteiger partial charge >= 0.3 is 13.8 Å². The van der Waals surface area contributed by atoms with Gasteiger partial charge < -0.3 is 9.26 Å². The maximum atomic E-state index is 12.7. The fourth-order valence-corrected chi connectivity index (χ4v) is 5.45. The molecule has 7 heteroatoms. The van der Waals surface area contributed by atoms with Crippen LogP contribution in [-0.4, -0.2) is 25.8 Å². The summed E-state index contributed by atoms with van der Waals surface area (Å²) in [5.41, 5.74) is 0.424. The molecule has 0 saturated carbocycles. The van der Waals surface area contributed by atoms with E-state index in [4.69, 9.17) is 18.3 Å². The largest absolute Gasteiger partial charge is 0.529 e. The van der Waals surface area contributed by atoms with Gasteiger partial charge in [-0.2, -0.15) is 0 Å². The number of phosphoric acid groups is 1. The lowest BCUT2D eigenvalue weighted by Gasteiger charge is -2.17. The number of carbonyl (C=O) groups excluding carboxylic acids is 1. The molecule has 2 heterocycles. The first-order valence-corrected chi connectivity index (χ1v) is 13.9. The van der Waals surface area contributed by atoms with E-state index < -0.39 is 13.8 Å². The van der Waals surface area contributed by atoms with Crippen molar-refractivity contribution in [1.82, 2.24) is 0 Å². The van der Waals surface area contributed by atoms with E-state index >= 15 is 0 Å². The minimum absolute atomic E-state index is 0.119. The predicted octanol–water partition coefficient (Wildman–Crippen LogP) is 7.33. The molecule has 0 aromatic rings. The van der Waals surface area contributed by atoms with Gasteiger partial charge in [0, 0.05) is 0 Å². The maximum absolute atomic E-state index is 12.7. The van der Waals surface area contributed by atoms with Crippen molar-refractivity contribution in [3.05, 3.63) is 11.3 Å². The standard InChI is InChI=1S/C24H43O6P/c1-4-20(2)16-14-12-10-8-6-5-7-9-11-13-15-17-28-31(26)29-19-22-18-27-24(25)23(22)21(3)30-31/h20,22H,4-19H2,1-3H3/t20-,22-,31-/m1/s1. The van der Waals surface area contributed by atoms with Gasteiger partial charge in [-0.3, -0.25) is 9.05 Å². The molecule has 0 aromatic heterocycles. The molecule has 0 aliphatic carbocycles. The Balaban J connectivity index is 1.44. The minimum atomic E-state index is -3.65. The van der Waals surface area contributed by atoms with E-state index in [-0.39, 0.29) is 19.1 Å². The third-order valence-corrected chi connectivity index (χ3v) is 7.85. The van der Waals surface area contributed by atoms with Crippen LogP contribution in [-0.2, 0) is 27.7 Å². The van der Waals surface area contributed by atoms with Crippen molar-refractivity contribution in [2.75, 3.05) is 19.8 Å². The Kier molecular flexibility index (Phi) is 12.2. The van der Waals surface area contributed by atoms with Gasteiger partial charge in [0.1, 0.15) is 12.4 Å². The number of allylic oxidation sites excluding steroid dienone is 1. The van der Waals surface area contributed by atoms with Crippen LogP contribution in [0.3, 0.4) is 0 Å². The Hall–Kier alpha value is -0.840. The quantitative estimate of drug-likeness (QED) is 0.137. The van der Waals surface area contributed by atoms with Gasteiger partial charge in [0.25, 0.3) is 0 Å². The summed E-state index contributed by atoms with van der Waals surface area (Å²) in [6, 6.07) is 0. The van der Waals surface area contributed by atoms with E-state index in [1.54, 1.807) is 6.92 Å². The van der Waals surface area contributed by atoms with Crippen LogP contribution in [0.25, 0.3) is 0 Å². The Morgan fingerprint density at radius 3 is 2.16 bits per heavy atom. The predicted molar refractivity (Wildman–Crippen MR) is 123 cm³/mol. The van der Waals surface area contributed by atoms with Crippen molar-refractivity contribution >= 4 is 13.8 Å². The normalized spacial score (nSPS) is 24.5. The number of ether oxygens (including phenoxy) is 1. The Morgan fingerprint density at radius 2 is 1.55 bits per heavy atom. The Labute approximate surface area is 189 Å². The van der Waals surface area contributed by atoms with E-state index in [9.17, 15) is 9.36 Å². The molecule has 2 rings (SSSR count). The minimum Gasteiger partial charge on any atom is -0.461 e. The molecule has 0 spiro atoms. The molecule has 1 saturated heterocycles. The molecule has 0 radical (unpaired) electrons. The van der Waals surface area contributed by atoms with E-state index in [1.807, 2.05) is 0 Å². The highest BCUT2D eigenvalue weighted by atomic mass is 31.2. The zero-order chi connectivity index (χ0) is 22.5. The van der Waals surface area contributed by atoms with E-state index in [0.717, 1.165) is 18.8 Å². The van der Waals surface area contributed by atoms with Gasteiger partial charge in [0.15, 0.2) is 0 Å². The Bertz CT molecular complexity index is 617. The number of hydrogen-bond donors (Lipinski definition) is 0. The lowest BCUT2D eigenvalue weighted by Crippen LogP contribution is -2.10. The number of esters is 1. The molecule has 180 valence electrons. The summed E-state index contributed by atoms with van der Waals surface area (Å²) in [6.45, 7) is 6.95. The van der Waals surface area contributed by atoms with E-state index in [0.29, 0.717) is 17.9 Å². The van der Waals surface area contributed by atoms with Gasteiger partial charge in [-0.05, 0) is 19.3 Å². The monoisotopic (exact) mass is 458 g/mol. The van der Waals surface area contributed by atoms with Gasteiger partial charge in [0.05, 0.1) is 24.7 Å². The highest BCUT2D eigenvalue weighted by Crippen LogP contribution is 2.54. The molecule has 31 heavy (non-hydrogen) atoms. The second kappa shape index (κ2) is 14.3. The lowest BCUT2D eigenvalue weighted by molar-refractivity contribution is -0.135. The zero-order valence-corrected chi connectivity index (χ0v) is 20.8. The molecule has 0 aromatic carbocycles. The van der Waals surface area contributed by atoms with Crippen molar-refractivity contribution in [2.45, 2.75) is 104 Å². The smallest absolute Gasteiger partial charge is 0.461 e. The number of hydrogen-bond acceptors (Lipinski definition) is 6. The van der Waals surface area contributed by atoms with Crippen LogP contribution in [0.4, 0.5) is 0 Å². The summed E-state index contributed by atoms with van der Waals surface area (Å²) >= 11 is 0. The number of fused-ring (bicyclic) bond motifs is 1. The summed E-state index contributed by atoms with van der Waals surface area (Å²) in [5, 5.41) is 0. The molecule has 2 aliphatic rings. The van der Waals surface area contributed by atoms with Crippen LogP contribution in [0, 0.1) is 11.8 Å². The van der Waals surface area contributed by atoms with Crippen LogP contribution in [0.1, 0.15) is 104 Å². The summed E-state index contributed by atoms with van der Waals surface area (Å²) in [5.74, 6) is 0.544. The molecular formula is C24H43O6P. The van der Waals surface area contributed by atoms with Gasteiger partial charge in [-0.1, -0.05) is 90.9 Å². The first-order chi connectivity index (χ1) is 14.9. The van der Waals surface area contributed by atoms with Crippen molar-refractivity contribution in [3.8, 4) is 0 Å². The third-order valence-electron chi connectivity index (χ3n) is 6.39. The van der Waals surface area contributed by atoms with Crippen LogP contribution < -0.4 is 0 Å². The van der Waals surface area contributed by atoms with Crippen molar-refractivity contribution < 1.29 is 27.7 Å². The molecule has 1 fully saturated rings. The van der Waals surface area contributed by atoms with Crippen molar-refractivity contribution in [1.29, 1.82) is 0 Å². The zero-order valence-electron chi connectivity index (χ0n) is 19.9. The average Bonchev–Trinajstić information content (AvgIpc) is 3.06. The molecular weight excluding hydrogens is 415 g/mol. The van der Waals surface area contributed by atoms with Crippen molar-refractivity contribution in [2.24, 2.45) is 11.8 Å². The molecule has 0 N–H and O–H groups in total. The van der Waals surface area contributed by atoms with Crippen LogP contribution in [0.15, 0.2) is 11.3 Å². The highest BCUT2D eigenvalue weighted by Gasteiger charge is 2.42. The van der Waals surface area contributed by atoms with Gasteiger partial charge in [-0.15, -0.1) is 0 Å². The van der Waals surface area contributed by atoms with Gasteiger partial charge in [0.2, 0.25) is 0 Å². The third kappa shape index (κ3) is 9.67. The second-order valence-electron chi connectivity index (χ2n) is 9.12. The van der Waals surface area contributed by atoms with Gasteiger partial charge in [-0.25, -0.2) is 9.36 Å². The number of rotatable bonds is 16. The SMILES string of the molecule is CC[C@@H](C)CCCCCCCCCCCCCO[P@]1(=O)OC[C@H]2COC(=O)C2=C(C)O1. The number of phosphoric ester groups is 1. The average molecular weight is 459 g/mol. The molecule has 2 aliphatic heterocycles.